The van der Waals surface area contributed by atoms with E-state index in [0.717, 1.165) is 21.7 Å². The van der Waals surface area contributed by atoms with E-state index in [1.807, 2.05) is 0 Å². The molecule has 1 atom stereocenters. The van der Waals surface area contributed by atoms with E-state index in [9.17, 15) is 31.1 Å². The number of aryl methyl sites for hydroxylation is 2. The second-order valence-corrected chi connectivity index (χ2v) is 7.17. The SMILES string of the molecule is Cn1nc(C(F)(F)F)cc1C(=O)N[C@H]1CCCc2nn(-c3ccnc(C(F)(F)F)c3)nc21. The molecular weight excluding hydrogens is 444 g/mol. The molecule has 1 aliphatic carbocycles. The van der Waals surface area contributed by atoms with Crippen molar-refractivity contribution in [1.29, 1.82) is 0 Å². The van der Waals surface area contributed by atoms with Crippen LogP contribution < -0.4 is 5.32 Å². The maximum Gasteiger partial charge on any atom is 0.435 e. The van der Waals surface area contributed by atoms with Crippen molar-refractivity contribution in [3.05, 3.63) is 52.9 Å². The average molecular weight is 459 g/mol. The molecule has 3 aromatic rings. The zero-order valence-electron chi connectivity index (χ0n) is 16.4. The Balaban J connectivity index is 1.60. The number of amides is 1. The van der Waals surface area contributed by atoms with Gasteiger partial charge in [0.25, 0.3) is 5.91 Å². The van der Waals surface area contributed by atoms with Crippen LogP contribution in [0.4, 0.5) is 26.3 Å². The smallest absolute Gasteiger partial charge is 0.342 e. The van der Waals surface area contributed by atoms with Gasteiger partial charge in [-0.2, -0.15) is 46.4 Å². The molecular formula is C18H15F6N7O. The van der Waals surface area contributed by atoms with Gasteiger partial charge in [-0.1, -0.05) is 0 Å². The summed E-state index contributed by atoms with van der Waals surface area (Å²) in [6.07, 6.45) is -6.83. The molecule has 170 valence electrons. The number of halogens is 6. The van der Waals surface area contributed by atoms with E-state index in [1.165, 1.54) is 13.1 Å². The zero-order valence-corrected chi connectivity index (χ0v) is 16.4. The Bertz CT molecular complexity index is 1160. The average Bonchev–Trinajstić information content (AvgIpc) is 3.32. The lowest BCUT2D eigenvalue weighted by atomic mass is 9.96. The first-order valence-electron chi connectivity index (χ1n) is 9.35. The summed E-state index contributed by atoms with van der Waals surface area (Å²) < 4.78 is 78.3. The number of carbonyl (C=O) groups excluding carboxylic acids is 1. The lowest BCUT2D eigenvalue weighted by Crippen LogP contribution is -2.32. The number of fused-ring (bicyclic) bond motifs is 1. The predicted molar refractivity (Wildman–Crippen MR) is 95.5 cm³/mol. The minimum atomic E-state index is -4.70. The third kappa shape index (κ3) is 4.16. The summed E-state index contributed by atoms with van der Waals surface area (Å²) in [6, 6.07) is 2.08. The number of carbonyl (C=O) groups is 1. The fourth-order valence-corrected chi connectivity index (χ4v) is 3.41. The van der Waals surface area contributed by atoms with Gasteiger partial charge in [0.2, 0.25) is 0 Å². The molecule has 0 spiro atoms. The molecule has 1 N–H and O–H groups in total. The topological polar surface area (TPSA) is 90.5 Å². The van der Waals surface area contributed by atoms with Gasteiger partial charge in [0.15, 0.2) is 5.69 Å². The highest BCUT2D eigenvalue weighted by atomic mass is 19.4. The molecule has 0 bridgehead atoms. The van der Waals surface area contributed by atoms with Crippen molar-refractivity contribution in [1.82, 2.24) is 35.1 Å². The van der Waals surface area contributed by atoms with Crippen LogP contribution in [0.2, 0.25) is 0 Å². The Kier molecular flexibility index (Phi) is 5.17. The van der Waals surface area contributed by atoms with Gasteiger partial charge in [-0.05, 0) is 31.4 Å². The largest absolute Gasteiger partial charge is 0.435 e. The molecule has 0 aliphatic heterocycles. The molecule has 0 fully saturated rings. The third-order valence-corrected chi connectivity index (χ3v) is 4.92. The molecule has 32 heavy (non-hydrogen) atoms. The summed E-state index contributed by atoms with van der Waals surface area (Å²) in [4.78, 5) is 16.9. The van der Waals surface area contributed by atoms with Gasteiger partial charge in [-0.3, -0.25) is 14.5 Å². The van der Waals surface area contributed by atoms with Gasteiger partial charge in [0.1, 0.15) is 17.1 Å². The van der Waals surface area contributed by atoms with E-state index >= 15 is 0 Å². The molecule has 3 heterocycles. The van der Waals surface area contributed by atoms with Crippen LogP contribution in [0.1, 0.15) is 52.1 Å². The van der Waals surface area contributed by atoms with Crippen LogP contribution >= 0.6 is 0 Å². The maximum atomic E-state index is 12.9. The number of rotatable bonds is 3. The maximum absolute atomic E-state index is 12.9. The van der Waals surface area contributed by atoms with Crippen LogP contribution in [0.15, 0.2) is 24.4 Å². The van der Waals surface area contributed by atoms with Gasteiger partial charge >= 0.3 is 12.4 Å². The van der Waals surface area contributed by atoms with Gasteiger partial charge < -0.3 is 5.32 Å². The quantitative estimate of drug-likeness (QED) is 0.608. The molecule has 1 aliphatic rings. The van der Waals surface area contributed by atoms with Gasteiger partial charge in [0.05, 0.1) is 17.4 Å². The van der Waals surface area contributed by atoms with Crippen LogP contribution in [0, 0.1) is 0 Å². The monoisotopic (exact) mass is 459 g/mol. The van der Waals surface area contributed by atoms with Crippen LogP contribution in [0.5, 0.6) is 0 Å². The van der Waals surface area contributed by atoms with Gasteiger partial charge in [0, 0.05) is 19.3 Å². The number of hydrogen-bond donors (Lipinski definition) is 1. The van der Waals surface area contributed by atoms with Crippen LogP contribution in [0.3, 0.4) is 0 Å². The molecule has 4 rings (SSSR count). The number of hydrogen-bond acceptors (Lipinski definition) is 5. The van der Waals surface area contributed by atoms with Gasteiger partial charge in [-0.15, -0.1) is 0 Å². The van der Waals surface area contributed by atoms with Crippen LogP contribution in [0.25, 0.3) is 5.69 Å². The molecule has 0 radical (unpaired) electrons. The van der Waals surface area contributed by atoms with Crippen molar-refractivity contribution >= 4 is 5.91 Å². The third-order valence-electron chi connectivity index (χ3n) is 4.92. The summed E-state index contributed by atoms with van der Waals surface area (Å²) in [6.45, 7) is 0. The summed E-state index contributed by atoms with van der Waals surface area (Å²) in [7, 11) is 1.22. The fraction of sp³-hybridized carbons (Fsp3) is 0.389. The number of nitrogens with zero attached hydrogens (tertiary/aromatic N) is 6. The second-order valence-electron chi connectivity index (χ2n) is 7.17. The number of pyridine rings is 1. The highest BCUT2D eigenvalue weighted by Crippen LogP contribution is 2.31. The Morgan fingerprint density at radius 2 is 1.78 bits per heavy atom. The normalized spacial score (nSPS) is 16.7. The fourth-order valence-electron chi connectivity index (χ4n) is 3.41. The Labute approximate surface area is 176 Å². The molecule has 0 aromatic carbocycles. The van der Waals surface area contributed by atoms with Crippen molar-refractivity contribution < 1.29 is 31.1 Å². The number of nitrogens with one attached hydrogen (secondary N) is 1. The zero-order chi connectivity index (χ0) is 23.3. The van der Waals surface area contributed by atoms with Crippen molar-refractivity contribution in [2.24, 2.45) is 7.05 Å². The standard InChI is InChI=1S/C18H15F6N7O/c1-30-12(8-14(28-30)18(22,23)24)16(32)26-10-3-2-4-11-15(10)29-31(27-11)9-5-6-25-13(7-9)17(19,20)21/h5-8,10H,2-4H2,1H3,(H,26,32)/t10-/m0/s1. The van der Waals surface area contributed by atoms with Crippen LogP contribution in [-0.4, -0.2) is 35.7 Å². The molecule has 1 amide bonds. The highest BCUT2D eigenvalue weighted by molar-refractivity contribution is 5.93. The molecule has 14 heteroatoms. The summed E-state index contributed by atoms with van der Waals surface area (Å²) in [5.41, 5.74) is -1.74. The summed E-state index contributed by atoms with van der Waals surface area (Å²) in [5.74, 6) is -0.786. The molecule has 0 saturated carbocycles. The lowest BCUT2D eigenvalue weighted by molar-refractivity contribution is -0.142. The molecule has 3 aromatic heterocycles. The summed E-state index contributed by atoms with van der Waals surface area (Å²) in [5, 5.41) is 14.4. The Hall–Kier alpha value is -3.45. The summed E-state index contributed by atoms with van der Waals surface area (Å²) >= 11 is 0. The van der Waals surface area contributed by atoms with E-state index < -0.39 is 35.7 Å². The Morgan fingerprint density at radius 3 is 2.44 bits per heavy atom. The lowest BCUT2D eigenvalue weighted by Gasteiger charge is -2.21. The van der Waals surface area contributed by atoms with E-state index in [1.54, 1.807) is 0 Å². The molecule has 0 saturated heterocycles. The second kappa shape index (κ2) is 7.60. The number of alkyl halides is 6. The van der Waals surface area contributed by atoms with E-state index in [0.29, 0.717) is 36.7 Å². The molecule has 0 unspecified atom stereocenters. The first-order chi connectivity index (χ1) is 14.9. The van der Waals surface area contributed by atoms with Crippen LogP contribution in [-0.2, 0) is 25.8 Å². The first-order valence-corrected chi connectivity index (χ1v) is 9.35. The molecule has 8 nitrogen and oxygen atoms in total. The van der Waals surface area contributed by atoms with E-state index in [4.69, 9.17) is 0 Å². The Morgan fingerprint density at radius 1 is 1.06 bits per heavy atom. The highest BCUT2D eigenvalue weighted by Gasteiger charge is 2.36. The van der Waals surface area contributed by atoms with Crippen molar-refractivity contribution in [2.45, 2.75) is 37.7 Å². The van der Waals surface area contributed by atoms with Crippen molar-refractivity contribution in [3.63, 3.8) is 0 Å². The minimum absolute atomic E-state index is 0.0354. The van der Waals surface area contributed by atoms with E-state index in [2.05, 4.69) is 25.6 Å². The minimum Gasteiger partial charge on any atom is -0.342 e. The van der Waals surface area contributed by atoms with Gasteiger partial charge in [-0.25, -0.2) is 0 Å². The first kappa shape index (κ1) is 21.8. The predicted octanol–water partition coefficient (Wildman–Crippen LogP) is 3.24. The van der Waals surface area contributed by atoms with E-state index in [-0.39, 0.29) is 11.4 Å². The van der Waals surface area contributed by atoms with Crippen molar-refractivity contribution in [3.8, 4) is 5.69 Å². The number of aromatic nitrogens is 6. The van der Waals surface area contributed by atoms with Crippen molar-refractivity contribution in [2.75, 3.05) is 0 Å².